The molecule has 0 fully saturated rings. The van der Waals surface area contributed by atoms with E-state index in [1.165, 1.54) is 0 Å². The Balaban J connectivity index is 2.46. The van der Waals surface area contributed by atoms with Gasteiger partial charge in [0.2, 0.25) is 0 Å². The van der Waals surface area contributed by atoms with E-state index >= 15 is 0 Å². The molecule has 72 valence electrons. The minimum atomic E-state index is 0.463. The number of rotatable bonds is 2. The van der Waals surface area contributed by atoms with Gasteiger partial charge in [-0.2, -0.15) is 0 Å². The molecule has 0 aliphatic heterocycles. The molecule has 0 aliphatic carbocycles. The van der Waals surface area contributed by atoms with Gasteiger partial charge in [-0.1, -0.05) is 0 Å². The molecule has 2 aromatic heterocycles. The van der Waals surface area contributed by atoms with Crippen LogP contribution in [0.3, 0.4) is 0 Å². The second kappa shape index (κ2) is 4.11. The minimum Gasteiger partial charge on any atom is -0.291 e. The Kier molecular flexibility index (Phi) is 2.84. The maximum atomic E-state index is 5.78. The Bertz CT molecular complexity index is 428. The monoisotopic (exact) mass is 271 g/mol. The molecule has 2 heterocycles. The smallest absolute Gasteiger partial charge is 0.138 e. The van der Waals surface area contributed by atoms with E-state index in [9.17, 15) is 0 Å². The third kappa shape index (κ3) is 1.81. The maximum Gasteiger partial charge on any atom is 0.138 e. The maximum absolute atomic E-state index is 5.78. The minimum absolute atomic E-state index is 0.463. The molecular weight excluding hydrogens is 265 g/mol. The zero-order valence-corrected chi connectivity index (χ0v) is 9.53. The second-order valence-electron chi connectivity index (χ2n) is 2.74. The van der Waals surface area contributed by atoms with Gasteiger partial charge < -0.3 is 0 Å². The van der Waals surface area contributed by atoms with E-state index in [4.69, 9.17) is 11.6 Å². The molecule has 0 saturated carbocycles. The molecular formula is C9H7BrClN3. The van der Waals surface area contributed by atoms with Crippen molar-refractivity contribution in [2.75, 3.05) is 0 Å². The highest BCUT2D eigenvalue weighted by atomic mass is 79.9. The van der Waals surface area contributed by atoms with Crippen molar-refractivity contribution in [3.63, 3.8) is 0 Å². The topological polar surface area (TPSA) is 30.7 Å². The summed E-state index contributed by atoms with van der Waals surface area (Å²) in [4.78, 5) is 8.20. The molecule has 0 bridgehead atoms. The highest BCUT2D eigenvalue weighted by Crippen LogP contribution is 2.19. The number of hydrogen-bond donors (Lipinski definition) is 0. The molecule has 0 amide bonds. The van der Waals surface area contributed by atoms with Gasteiger partial charge in [0.1, 0.15) is 12.1 Å². The largest absolute Gasteiger partial charge is 0.291 e. The summed E-state index contributed by atoms with van der Waals surface area (Å²) < 4.78 is 2.76. The predicted molar refractivity (Wildman–Crippen MR) is 58.6 cm³/mol. The van der Waals surface area contributed by atoms with Crippen LogP contribution in [0.2, 0.25) is 0 Å². The van der Waals surface area contributed by atoms with Crippen molar-refractivity contribution in [2.45, 2.75) is 5.88 Å². The van der Waals surface area contributed by atoms with Gasteiger partial charge in [0.15, 0.2) is 0 Å². The fourth-order valence-electron chi connectivity index (χ4n) is 1.11. The van der Waals surface area contributed by atoms with Crippen molar-refractivity contribution in [3.8, 4) is 5.82 Å². The normalized spacial score (nSPS) is 10.4. The van der Waals surface area contributed by atoms with Gasteiger partial charge in [-0.3, -0.25) is 4.57 Å². The van der Waals surface area contributed by atoms with Crippen LogP contribution in [0.25, 0.3) is 5.82 Å². The van der Waals surface area contributed by atoms with E-state index in [2.05, 4.69) is 25.9 Å². The molecule has 0 N–H and O–H groups in total. The summed E-state index contributed by atoms with van der Waals surface area (Å²) in [5.41, 5.74) is 1.02. The fourth-order valence-corrected chi connectivity index (χ4v) is 1.85. The van der Waals surface area contributed by atoms with E-state index in [-0.39, 0.29) is 0 Å². The second-order valence-corrected chi connectivity index (χ2v) is 3.86. The first-order valence-corrected chi connectivity index (χ1v) is 5.32. The Labute approximate surface area is 94.9 Å². The SMILES string of the molecule is ClCc1cc(-n2ccnc2)ncc1Br. The van der Waals surface area contributed by atoms with E-state index in [0.717, 1.165) is 15.9 Å². The Morgan fingerprint density at radius 3 is 3.00 bits per heavy atom. The van der Waals surface area contributed by atoms with Crippen LogP contribution in [0.15, 0.2) is 35.5 Å². The standard InChI is InChI=1S/C9H7BrClN3/c10-8-5-13-9(3-7(8)4-11)14-2-1-12-6-14/h1-3,5-6H,4H2. The van der Waals surface area contributed by atoms with Gasteiger partial charge in [-0.15, -0.1) is 11.6 Å². The third-order valence-corrected chi connectivity index (χ3v) is 2.84. The molecule has 2 aromatic rings. The number of imidazole rings is 1. The lowest BCUT2D eigenvalue weighted by Crippen LogP contribution is -1.95. The zero-order valence-electron chi connectivity index (χ0n) is 7.19. The number of halogens is 2. The number of nitrogens with zero attached hydrogens (tertiary/aromatic N) is 3. The van der Waals surface area contributed by atoms with Gasteiger partial charge in [0.25, 0.3) is 0 Å². The lowest BCUT2D eigenvalue weighted by molar-refractivity contribution is 0.983. The lowest BCUT2D eigenvalue weighted by Gasteiger charge is -2.04. The van der Waals surface area contributed by atoms with Crippen molar-refractivity contribution < 1.29 is 0 Å². The van der Waals surface area contributed by atoms with Crippen LogP contribution < -0.4 is 0 Å². The Morgan fingerprint density at radius 2 is 2.36 bits per heavy atom. The Morgan fingerprint density at radius 1 is 1.50 bits per heavy atom. The molecule has 2 rings (SSSR count). The number of hydrogen-bond acceptors (Lipinski definition) is 2. The summed E-state index contributed by atoms with van der Waals surface area (Å²) in [6, 6.07) is 1.93. The molecule has 0 spiro atoms. The van der Waals surface area contributed by atoms with E-state index in [1.807, 2.05) is 16.8 Å². The van der Waals surface area contributed by atoms with E-state index in [0.29, 0.717) is 5.88 Å². The lowest BCUT2D eigenvalue weighted by atomic mass is 10.3. The quantitative estimate of drug-likeness (QED) is 0.787. The molecule has 0 atom stereocenters. The summed E-state index contributed by atoms with van der Waals surface area (Å²) in [6.45, 7) is 0. The van der Waals surface area contributed by atoms with Crippen LogP contribution in [0.1, 0.15) is 5.56 Å². The first kappa shape index (κ1) is 9.68. The molecule has 0 saturated heterocycles. The summed E-state index contributed by atoms with van der Waals surface area (Å²) in [5.74, 6) is 1.28. The van der Waals surface area contributed by atoms with Gasteiger partial charge >= 0.3 is 0 Å². The van der Waals surface area contributed by atoms with Gasteiger partial charge in [-0.25, -0.2) is 9.97 Å². The molecule has 3 nitrogen and oxygen atoms in total. The first-order valence-electron chi connectivity index (χ1n) is 4.00. The van der Waals surface area contributed by atoms with Crippen molar-refractivity contribution in [1.29, 1.82) is 0 Å². The highest BCUT2D eigenvalue weighted by Gasteiger charge is 2.02. The predicted octanol–water partition coefficient (Wildman–Crippen LogP) is 2.77. The van der Waals surface area contributed by atoms with Crippen LogP contribution in [-0.2, 0) is 5.88 Å². The van der Waals surface area contributed by atoms with E-state index in [1.54, 1.807) is 18.7 Å². The van der Waals surface area contributed by atoms with E-state index < -0.39 is 0 Å². The molecule has 14 heavy (non-hydrogen) atoms. The van der Waals surface area contributed by atoms with Gasteiger partial charge in [-0.05, 0) is 27.6 Å². The number of alkyl halides is 1. The summed E-state index contributed by atoms with van der Waals surface area (Å²) in [6.07, 6.45) is 7.00. The van der Waals surface area contributed by atoms with Crippen LogP contribution in [0, 0.1) is 0 Å². The average Bonchev–Trinajstić information content (AvgIpc) is 2.71. The van der Waals surface area contributed by atoms with Crippen molar-refractivity contribution >= 4 is 27.5 Å². The fraction of sp³-hybridized carbons (Fsp3) is 0.111. The van der Waals surface area contributed by atoms with Crippen LogP contribution >= 0.6 is 27.5 Å². The summed E-state index contributed by atoms with van der Waals surface area (Å²) >= 11 is 9.16. The first-order chi connectivity index (χ1) is 6.81. The zero-order chi connectivity index (χ0) is 9.97. The third-order valence-electron chi connectivity index (χ3n) is 1.83. The summed E-state index contributed by atoms with van der Waals surface area (Å²) in [7, 11) is 0. The van der Waals surface area contributed by atoms with Crippen molar-refractivity contribution in [3.05, 3.63) is 41.0 Å². The van der Waals surface area contributed by atoms with Gasteiger partial charge in [0.05, 0.1) is 0 Å². The number of pyridine rings is 1. The molecule has 0 aromatic carbocycles. The van der Waals surface area contributed by atoms with Crippen LogP contribution in [-0.4, -0.2) is 14.5 Å². The highest BCUT2D eigenvalue weighted by molar-refractivity contribution is 9.10. The van der Waals surface area contributed by atoms with Crippen LogP contribution in [0.5, 0.6) is 0 Å². The van der Waals surface area contributed by atoms with Crippen molar-refractivity contribution in [2.24, 2.45) is 0 Å². The van der Waals surface area contributed by atoms with Gasteiger partial charge in [0, 0.05) is 28.9 Å². The molecule has 0 radical (unpaired) electrons. The molecule has 0 unspecified atom stereocenters. The molecule has 0 aliphatic rings. The summed E-state index contributed by atoms with van der Waals surface area (Å²) in [5, 5.41) is 0. The van der Waals surface area contributed by atoms with Crippen molar-refractivity contribution in [1.82, 2.24) is 14.5 Å². The Hall–Kier alpha value is -0.870. The average molecular weight is 273 g/mol. The molecule has 5 heteroatoms. The van der Waals surface area contributed by atoms with Crippen LogP contribution in [0.4, 0.5) is 0 Å². The number of aromatic nitrogens is 3.